The molecule has 0 atom stereocenters. The second kappa shape index (κ2) is 6.44. The Balaban J connectivity index is 1.97. The molecule has 4 heteroatoms. The van der Waals surface area contributed by atoms with Crippen molar-refractivity contribution < 1.29 is 9.53 Å². The van der Waals surface area contributed by atoms with Gasteiger partial charge in [-0.05, 0) is 30.7 Å². The van der Waals surface area contributed by atoms with Crippen molar-refractivity contribution in [1.29, 1.82) is 0 Å². The van der Waals surface area contributed by atoms with E-state index in [9.17, 15) is 4.79 Å². The zero-order valence-electron chi connectivity index (χ0n) is 11.6. The summed E-state index contributed by atoms with van der Waals surface area (Å²) in [7, 11) is 1.62. The lowest BCUT2D eigenvalue weighted by atomic mass is 9.96. The fourth-order valence-electron chi connectivity index (χ4n) is 2.33. The van der Waals surface area contributed by atoms with Gasteiger partial charge in [-0.2, -0.15) is 0 Å². The number of hydrogen-bond donors (Lipinski definition) is 1. The minimum Gasteiger partial charge on any atom is -0.384 e. The quantitative estimate of drug-likeness (QED) is 0.780. The summed E-state index contributed by atoms with van der Waals surface area (Å²) in [6.45, 7) is 1.23. The summed E-state index contributed by atoms with van der Waals surface area (Å²) < 4.78 is 4.92. The van der Waals surface area contributed by atoms with Crippen LogP contribution in [0.2, 0.25) is 0 Å². The molecule has 0 bridgehead atoms. The molecule has 1 N–H and O–H groups in total. The predicted molar refractivity (Wildman–Crippen MR) is 78.6 cm³/mol. The fraction of sp³-hybridized carbons (Fsp3) is 0.533. The maximum absolute atomic E-state index is 11.7. The van der Waals surface area contributed by atoms with Gasteiger partial charge in [-0.25, -0.2) is 0 Å². The Hall–Kier alpha value is -1.00. The van der Waals surface area contributed by atoms with Crippen LogP contribution in [0.4, 0.5) is 0 Å². The van der Waals surface area contributed by atoms with Gasteiger partial charge in [-0.15, -0.1) is 11.8 Å². The van der Waals surface area contributed by atoms with Crippen LogP contribution >= 0.6 is 11.8 Å². The number of carbonyl (C=O) groups is 1. The number of ether oxygens (including phenoxy) is 1. The normalized spacial score (nSPS) is 16.1. The fourth-order valence-corrected chi connectivity index (χ4v) is 3.05. The van der Waals surface area contributed by atoms with Crippen molar-refractivity contribution >= 4 is 17.7 Å². The molecule has 1 saturated carbocycles. The highest BCUT2D eigenvalue weighted by Gasteiger charge is 2.45. The van der Waals surface area contributed by atoms with Gasteiger partial charge in [-0.1, -0.05) is 18.2 Å². The van der Waals surface area contributed by atoms with Crippen molar-refractivity contribution in [2.24, 2.45) is 0 Å². The van der Waals surface area contributed by atoms with Crippen molar-refractivity contribution in [2.45, 2.75) is 29.6 Å². The van der Waals surface area contributed by atoms with E-state index in [1.807, 2.05) is 0 Å². The number of benzene rings is 1. The minimum atomic E-state index is 0.0785. The van der Waals surface area contributed by atoms with Crippen molar-refractivity contribution in [3.05, 3.63) is 29.8 Å². The van der Waals surface area contributed by atoms with Crippen LogP contribution in [0.3, 0.4) is 0 Å². The molecule has 0 aromatic heterocycles. The molecule has 1 fully saturated rings. The molecule has 0 saturated heterocycles. The van der Waals surface area contributed by atoms with E-state index in [0.717, 1.165) is 19.4 Å². The third-order valence-corrected chi connectivity index (χ3v) is 4.48. The molecule has 104 valence electrons. The molecule has 0 unspecified atom stereocenters. The second-order valence-corrected chi connectivity index (χ2v) is 5.85. The van der Waals surface area contributed by atoms with E-state index in [-0.39, 0.29) is 11.3 Å². The largest absolute Gasteiger partial charge is 0.384 e. The summed E-state index contributed by atoms with van der Waals surface area (Å²) in [5.41, 5.74) is 1.55. The van der Waals surface area contributed by atoms with Crippen LogP contribution in [0.25, 0.3) is 0 Å². The number of thioether (sulfide) groups is 1. The van der Waals surface area contributed by atoms with E-state index >= 15 is 0 Å². The number of hydrogen-bond acceptors (Lipinski definition) is 3. The van der Waals surface area contributed by atoms with Gasteiger partial charge in [0.2, 0.25) is 5.91 Å². The van der Waals surface area contributed by atoms with Crippen molar-refractivity contribution in [3.8, 4) is 0 Å². The summed E-state index contributed by atoms with van der Waals surface area (Å²) >= 11 is 1.78. The van der Waals surface area contributed by atoms with Crippen molar-refractivity contribution in [3.63, 3.8) is 0 Å². The maximum Gasteiger partial charge on any atom is 0.222 e. The lowest BCUT2D eigenvalue weighted by Crippen LogP contribution is -2.32. The molecule has 1 aromatic rings. The summed E-state index contributed by atoms with van der Waals surface area (Å²) in [6, 6.07) is 8.51. The lowest BCUT2D eigenvalue weighted by Gasteiger charge is -2.19. The summed E-state index contributed by atoms with van der Waals surface area (Å²) in [4.78, 5) is 13.0. The molecule has 0 radical (unpaired) electrons. The number of amides is 1. The van der Waals surface area contributed by atoms with Gasteiger partial charge in [0.25, 0.3) is 0 Å². The van der Waals surface area contributed by atoms with Gasteiger partial charge in [0.05, 0.1) is 6.61 Å². The van der Waals surface area contributed by atoms with Gasteiger partial charge >= 0.3 is 0 Å². The molecule has 2 rings (SSSR count). The molecular weight excluding hydrogens is 258 g/mol. The van der Waals surface area contributed by atoms with E-state index in [2.05, 4.69) is 35.8 Å². The molecule has 1 amide bonds. The molecule has 1 aromatic carbocycles. The highest BCUT2D eigenvalue weighted by Crippen LogP contribution is 2.50. The average Bonchev–Trinajstić information content (AvgIpc) is 3.24. The third kappa shape index (κ3) is 3.51. The Morgan fingerprint density at radius 2 is 2.16 bits per heavy atom. The minimum absolute atomic E-state index is 0.0785. The van der Waals surface area contributed by atoms with E-state index in [4.69, 9.17) is 4.74 Å². The highest BCUT2D eigenvalue weighted by atomic mass is 32.2. The average molecular weight is 279 g/mol. The summed E-state index contributed by atoms with van der Waals surface area (Å²) in [5.74, 6) is 0.0785. The van der Waals surface area contributed by atoms with Gasteiger partial charge in [0, 0.05) is 30.4 Å². The van der Waals surface area contributed by atoms with Gasteiger partial charge < -0.3 is 10.1 Å². The maximum atomic E-state index is 11.7. The second-order valence-electron chi connectivity index (χ2n) is 5.00. The molecule has 0 aliphatic heterocycles. The molecule has 0 spiro atoms. The zero-order chi connectivity index (χ0) is 13.7. The monoisotopic (exact) mass is 279 g/mol. The first kappa shape index (κ1) is 14.4. The van der Waals surface area contributed by atoms with Crippen LogP contribution in [-0.2, 0) is 14.9 Å². The molecule has 19 heavy (non-hydrogen) atoms. The van der Waals surface area contributed by atoms with E-state index in [0.29, 0.717) is 13.0 Å². The molecule has 3 nitrogen and oxygen atoms in total. The lowest BCUT2D eigenvalue weighted by molar-refractivity contribution is -0.122. The number of rotatable bonds is 7. The Bertz CT molecular complexity index is 444. The Labute approximate surface area is 119 Å². The third-order valence-electron chi connectivity index (χ3n) is 3.69. The molecule has 1 aliphatic carbocycles. The van der Waals surface area contributed by atoms with Gasteiger partial charge in [0.1, 0.15) is 0 Å². The number of methoxy groups -OCH3 is 1. The predicted octanol–water partition coefficient (Wildman–Crippen LogP) is 2.59. The highest BCUT2D eigenvalue weighted by molar-refractivity contribution is 7.98. The van der Waals surface area contributed by atoms with Crippen LogP contribution < -0.4 is 5.32 Å². The Kier molecular flexibility index (Phi) is 4.88. The molecular formula is C15H21NO2S. The SMILES string of the molecule is COCCC(=O)NCC1(c2ccccc2SC)CC1. The summed E-state index contributed by atoms with van der Waals surface area (Å²) in [5, 5.41) is 3.04. The molecule has 0 heterocycles. The van der Waals surface area contributed by atoms with Crippen molar-refractivity contribution in [1.82, 2.24) is 5.32 Å². The Morgan fingerprint density at radius 1 is 1.42 bits per heavy atom. The van der Waals surface area contributed by atoms with Crippen LogP contribution in [0, 0.1) is 0 Å². The van der Waals surface area contributed by atoms with Crippen LogP contribution in [0.5, 0.6) is 0 Å². The van der Waals surface area contributed by atoms with Crippen LogP contribution in [-0.4, -0.2) is 32.4 Å². The smallest absolute Gasteiger partial charge is 0.222 e. The van der Waals surface area contributed by atoms with E-state index in [1.165, 1.54) is 10.5 Å². The summed E-state index contributed by atoms with van der Waals surface area (Å²) in [6.07, 6.45) is 4.87. The first-order valence-corrected chi connectivity index (χ1v) is 7.83. The number of nitrogens with one attached hydrogen (secondary N) is 1. The standard InChI is InChI=1S/C15H21NO2S/c1-18-10-7-14(17)16-11-15(8-9-15)12-5-3-4-6-13(12)19-2/h3-6H,7-11H2,1-2H3,(H,16,17). The van der Waals surface area contributed by atoms with E-state index < -0.39 is 0 Å². The zero-order valence-corrected chi connectivity index (χ0v) is 12.4. The van der Waals surface area contributed by atoms with Crippen LogP contribution in [0.15, 0.2) is 29.2 Å². The van der Waals surface area contributed by atoms with Gasteiger partial charge in [0.15, 0.2) is 0 Å². The van der Waals surface area contributed by atoms with Gasteiger partial charge in [-0.3, -0.25) is 4.79 Å². The topological polar surface area (TPSA) is 38.3 Å². The first-order chi connectivity index (χ1) is 9.22. The first-order valence-electron chi connectivity index (χ1n) is 6.61. The van der Waals surface area contributed by atoms with E-state index in [1.54, 1.807) is 18.9 Å². The number of carbonyl (C=O) groups excluding carboxylic acids is 1. The Morgan fingerprint density at radius 3 is 2.79 bits per heavy atom. The molecule has 1 aliphatic rings. The van der Waals surface area contributed by atoms with Crippen molar-refractivity contribution in [2.75, 3.05) is 26.5 Å². The van der Waals surface area contributed by atoms with Crippen LogP contribution in [0.1, 0.15) is 24.8 Å².